The molecule has 1 saturated heterocycles. The van der Waals surface area contributed by atoms with Crippen LogP contribution in [0.25, 0.3) is 0 Å². The number of aromatic nitrogens is 2. The summed E-state index contributed by atoms with van der Waals surface area (Å²) in [6.07, 6.45) is -4.34. The van der Waals surface area contributed by atoms with Gasteiger partial charge in [-0.25, -0.2) is 4.79 Å². The normalized spacial score (nSPS) is 30.4. The van der Waals surface area contributed by atoms with Crippen molar-refractivity contribution in [1.82, 2.24) is 9.55 Å². The van der Waals surface area contributed by atoms with Gasteiger partial charge in [-0.05, 0) is 6.07 Å². The van der Waals surface area contributed by atoms with Crippen LogP contribution in [0.4, 0.5) is 5.82 Å². The lowest BCUT2D eigenvalue weighted by molar-refractivity contribution is -0.0731. The van der Waals surface area contributed by atoms with Crippen LogP contribution >= 0.6 is 7.60 Å². The Kier molecular flexibility index (Phi) is 4.68. The van der Waals surface area contributed by atoms with Gasteiger partial charge in [-0.15, -0.1) is 0 Å². The van der Waals surface area contributed by atoms with Crippen molar-refractivity contribution in [2.75, 3.05) is 12.8 Å². The molecule has 1 aromatic rings. The maximum atomic E-state index is 11.8. The highest BCUT2D eigenvalue weighted by molar-refractivity contribution is 7.52. The van der Waals surface area contributed by atoms with Crippen molar-refractivity contribution in [3.63, 3.8) is 0 Å². The number of methoxy groups -OCH3 is 1. The zero-order valence-electron chi connectivity index (χ0n) is 11.4. The Morgan fingerprint density at radius 2 is 2.18 bits per heavy atom. The average Bonchev–Trinajstić information content (AvgIpc) is 2.73. The van der Waals surface area contributed by atoms with E-state index in [2.05, 4.69) is 4.98 Å². The molecule has 0 amide bonds. The topological polar surface area (TPSA) is 177 Å². The van der Waals surface area contributed by atoms with Crippen molar-refractivity contribution in [2.45, 2.75) is 30.4 Å². The molecule has 0 saturated carbocycles. The maximum Gasteiger partial charge on any atom is 0.356 e. The molecule has 0 aliphatic carbocycles. The van der Waals surface area contributed by atoms with Gasteiger partial charge >= 0.3 is 13.3 Å². The Hall–Kier alpha value is -1.33. The van der Waals surface area contributed by atoms with Gasteiger partial charge in [-0.1, -0.05) is 0 Å². The number of anilines is 1. The number of aliphatic hydroxyl groups is 2. The number of nitrogens with zero attached hydrogens (tertiary/aromatic N) is 2. The largest absolute Gasteiger partial charge is 0.387 e. The van der Waals surface area contributed by atoms with E-state index in [4.69, 9.17) is 25.0 Å². The van der Waals surface area contributed by atoms with Gasteiger partial charge in [0, 0.05) is 13.3 Å². The first kappa shape index (κ1) is 17.0. The molecule has 0 aromatic carbocycles. The average molecular weight is 337 g/mol. The summed E-state index contributed by atoms with van der Waals surface area (Å²) in [6, 6.07) is 1.30. The van der Waals surface area contributed by atoms with Crippen LogP contribution in [0.1, 0.15) is 6.23 Å². The zero-order chi connectivity index (χ0) is 16.7. The third-order valence-corrected chi connectivity index (χ3v) is 4.27. The van der Waals surface area contributed by atoms with E-state index in [1.165, 1.54) is 19.4 Å². The first-order valence-electron chi connectivity index (χ1n) is 6.11. The first-order chi connectivity index (χ1) is 10.2. The van der Waals surface area contributed by atoms with Crippen molar-refractivity contribution in [3.8, 4) is 0 Å². The molecule has 12 heteroatoms. The van der Waals surface area contributed by atoms with E-state index >= 15 is 0 Å². The Balaban J connectivity index is 2.37. The predicted molar refractivity (Wildman–Crippen MR) is 71.7 cm³/mol. The second-order valence-electron chi connectivity index (χ2n) is 4.73. The molecule has 1 aliphatic heterocycles. The minimum atomic E-state index is -4.93. The number of ether oxygens (including phenoxy) is 2. The van der Waals surface area contributed by atoms with E-state index < -0.39 is 43.7 Å². The fourth-order valence-corrected chi connectivity index (χ4v) is 2.84. The number of aliphatic hydroxyl groups excluding tert-OH is 2. The van der Waals surface area contributed by atoms with Crippen LogP contribution in [0.15, 0.2) is 17.1 Å². The zero-order valence-corrected chi connectivity index (χ0v) is 12.3. The summed E-state index contributed by atoms with van der Waals surface area (Å²) in [5.74, 6) is -2.29. The second kappa shape index (κ2) is 6.05. The van der Waals surface area contributed by atoms with Crippen LogP contribution in [0.5, 0.6) is 0 Å². The van der Waals surface area contributed by atoms with Crippen LogP contribution in [-0.2, 0) is 14.0 Å². The highest BCUT2D eigenvalue weighted by Gasteiger charge is 2.52. The molecule has 0 unspecified atom stereocenters. The number of nitrogen functional groups attached to an aromatic ring is 1. The van der Waals surface area contributed by atoms with E-state index in [0.717, 1.165) is 4.57 Å². The van der Waals surface area contributed by atoms with E-state index in [1.807, 2.05) is 0 Å². The summed E-state index contributed by atoms with van der Waals surface area (Å²) in [5.41, 5.74) is 4.56. The number of hydrogen-bond acceptors (Lipinski definition) is 8. The lowest BCUT2D eigenvalue weighted by Crippen LogP contribution is -2.40. The summed E-state index contributed by atoms with van der Waals surface area (Å²) < 4.78 is 22.3. The number of hydrogen-bond donors (Lipinski definition) is 5. The first-order valence-corrected chi connectivity index (χ1v) is 7.79. The van der Waals surface area contributed by atoms with Crippen molar-refractivity contribution in [3.05, 3.63) is 22.7 Å². The SMILES string of the molecule is CO[C@@H]1[C@H](O)[C@@H]([C@H](O)P(=O)(O)O)O[C@H]1n1ccc(N)nc1=O. The minimum absolute atomic E-state index is 0.0273. The van der Waals surface area contributed by atoms with Gasteiger partial charge < -0.3 is 35.2 Å². The molecule has 22 heavy (non-hydrogen) atoms. The van der Waals surface area contributed by atoms with Crippen LogP contribution in [0.2, 0.25) is 0 Å². The molecule has 0 bridgehead atoms. The van der Waals surface area contributed by atoms with Crippen molar-refractivity contribution >= 4 is 13.4 Å². The van der Waals surface area contributed by atoms with Gasteiger partial charge in [-0.3, -0.25) is 9.13 Å². The van der Waals surface area contributed by atoms with E-state index in [9.17, 15) is 19.6 Å². The van der Waals surface area contributed by atoms with Gasteiger partial charge in [0.15, 0.2) is 12.1 Å². The molecule has 2 rings (SSSR count). The van der Waals surface area contributed by atoms with Gasteiger partial charge in [0.25, 0.3) is 0 Å². The quantitative estimate of drug-likeness (QED) is 0.372. The molecule has 6 N–H and O–H groups in total. The van der Waals surface area contributed by atoms with Crippen LogP contribution in [-0.4, -0.2) is 60.8 Å². The molecular weight excluding hydrogens is 321 g/mol. The summed E-state index contributed by atoms with van der Waals surface area (Å²) in [5, 5.41) is 19.7. The lowest BCUT2D eigenvalue weighted by atomic mass is 10.1. The van der Waals surface area contributed by atoms with E-state index in [-0.39, 0.29) is 5.82 Å². The molecule has 0 radical (unpaired) electrons. The monoisotopic (exact) mass is 337 g/mol. The van der Waals surface area contributed by atoms with E-state index in [0.29, 0.717) is 0 Å². The van der Waals surface area contributed by atoms with Gasteiger partial charge in [0.05, 0.1) is 0 Å². The third-order valence-electron chi connectivity index (χ3n) is 3.29. The predicted octanol–water partition coefficient (Wildman–Crippen LogP) is -2.41. The third kappa shape index (κ3) is 3.06. The lowest BCUT2D eigenvalue weighted by Gasteiger charge is -2.21. The Morgan fingerprint density at radius 1 is 1.55 bits per heavy atom. The fourth-order valence-electron chi connectivity index (χ4n) is 2.21. The van der Waals surface area contributed by atoms with Crippen molar-refractivity contribution in [1.29, 1.82) is 0 Å². The highest BCUT2D eigenvalue weighted by Crippen LogP contribution is 2.46. The molecule has 5 atom stereocenters. The molecular formula is C10H16N3O8P. The molecule has 1 aromatic heterocycles. The summed E-state index contributed by atoms with van der Waals surface area (Å²) in [7, 11) is -3.71. The Morgan fingerprint density at radius 3 is 2.68 bits per heavy atom. The Labute approximate surface area is 124 Å². The second-order valence-corrected chi connectivity index (χ2v) is 6.43. The fraction of sp³-hybridized carbons (Fsp3) is 0.600. The van der Waals surface area contributed by atoms with Crippen molar-refractivity contribution in [2.24, 2.45) is 0 Å². The van der Waals surface area contributed by atoms with Crippen LogP contribution in [0.3, 0.4) is 0 Å². The highest BCUT2D eigenvalue weighted by atomic mass is 31.2. The van der Waals surface area contributed by atoms with Gasteiger partial charge in [0.1, 0.15) is 24.1 Å². The molecule has 1 aliphatic rings. The Bertz CT molecular complexity index is 645. The van der Waals surface area contributed by atoms with Crippen molar-refractivity contribution < 1.29 is 34.0 Å². The van der Waals surface area contributed by atoms with Crippen LogP contribution in [0, 0.1) is 0 Å². The van der Waals surface area contributed by atoms with Gasteiger partial charge in [0.2, 0.25) is 0 Å². The smallest absolute Gasteiger partial charge is 0.356 e. The molecule has 124 valence electrons. The molecule has 2 heterocycles. The standard InChI is InChI=1S/C10H16N3O8P/c1-20-6-5(14)7(9(15)22(17,18)19)21-8(6)13-3-2-4(11)12-10(13)16/h2-3,5-9,14-15H,1H3,(H2,11,12,16)(H2,17,18,19)/t5-,6+,7-,8+,9+/m0/s1. The maximum absolute atomic E-state index is 11.8. The van der Waals surface area contributed by atoms with Crippen LogP contribution < -0.4 is 11.4 Å². The molecule has 1 fully saturated rings. The summed E-state index contributed by atoms with van der Waals surface area (Å²) in [4.78, 5) is 33.3. The molecule has 11 nitrogen and oxygen atoms in total. The van der Waals surface area contributed by atoms with E-state index in [1.54, 1.807) is 0 Å². The van der Waals surface area contributed by atoms with Gasteiger partial charge in [-0.2, -0.15) is 4.98 Å². The summed E-state index contributed by atoms with van der Waals surface area (Å²) >= 11 is 0. The number of nitrogens with two attached hydrogens (primary N) is 1. The number of rotatable bonds is 4. The summed E-state index contributed by atoms with van der Waals surface area (Å²) in [6.45, 7) is 0. The molecule has 0 spiro atoms. The minimum Gasteiger partial charge on any atom is -0.387 e.